The fraction of sp³-hybridized carbons (Fsp3) is 0.370. The number of sulfonamides is 1. The van der Waals surface area contributed by atoms with E-state index in [-0.39, 0.29) is 10.8 Å². The molecule has 37 heavy (non-hydrogen) atoms. The number of carbonyl (C=O) groups is 1. The van der Waals surface area contributed by atoms with Crippen LogP contribution in [0, 0.1) is 13.8 Å². The van der Waals surface area contributed by atoms with Gasteiger partial charge in [0.15, 0.2) is 10.8 Å². The van der Waals surface area contributed by atoms with Crippen LogP contribution in [0.4, 0.5) is 5.69 Å². The van der Waals surface area contributed by atoms with Gasteiger partial charge >= 0.3 is 0 Å². The lowest BCUT2D eigenvalue weighted by atomic mass is 10.1. The number of fused-ring (bicyclic) bond motifs is 3. The first-order chi connectivity index (χ1) is 17.8. The van der Waals surface area contributed by atoms with Gasteiger partial charge in [-0.15, -0.1) is 10.2 Å². The Hall–Kier alpha value is -2.95. The molecule has 0 aliphatic carbocycles. The van der Waals surface area contributed by atoms with Crippen molar-refractivity contribution in [3.63, 3.8) is 0 Å². The number of thioether (sulfide) groups is 1. The van der Waals surface area contributed by atoms with Crippen LogP contribution in [0.3, 0.4) is 0 Å². The van der Waals surface area contributed by atoms with Crippen molar-refractivity contribution in [1.82, 2.24) is 18.9 Å². The lowest BCUT2D eigenvalue weighted by molar-refractivity contribution is -0.115. The minimum absolute atomic E-state index is 0.196. The van der Waals surface area contributed by atoms with E-state index in [4.69, 9.17) is 0 Å². The van der Waals surface area contributed by atoms with Gasteiger partial charge < -0.3 is 5.32 Å². The highest BCUT2D eigenvalue weighted by Crippen LogP contribution is 2.30. The molecule has 1 saturated heterocycles. The monoisotopic (exact) mass is 537 g/mol. The van der Waals surface area contributed by atoms with E-state index in [1.807, 2.05) is 23.5 Å². The molecule has 1 N–H and O–H groups in total. The van der Waals surface area contributed by atoms with Crippen LogP contribution in [-0.4, -0.2) is 51.6 Å². The highest BCUT2D eigenvalue weighted by Gasteiger charge is 2.25. The van der Waals surface area contributed by atoms with Gasteiger partial charge in [0.05, 0.1) is 15.7 Å². The average Bonchev–Trinajstić information content (AvgIpc) is 3.07. The molecule has 194 valence electrons. The molecule has 3 heterocycles. The molecule has 1 aliphatic rings. The summed E-state index contributed by atoms with van der Waals surface area (Å²) in [5.74, 6) is -0.196. The second kappa shape index (κ2) is 10.4. The van der Waals surface area contributed by atoms with Crippen LogP contribution in [-0.2, 0) is 14.8 Å². The van der Waals surface area contributed by atoms with Gasteiger partial charge in [0.25, 0.3) is 0 Å². The summed E-state index contributed by atoms with van der Waals surface area (Å²) in [6.45, 7) is 7.05. The van der Waals surface area contributed by atoms with Gasteiger partial charge in [0, 0.05) is 24.2 Å². The van der Waals surface area contributed by atoms with Crippen LogP contribution in [0.15, 0.2) is 58.6 Å². The van der Waals surface area contributed by atoms with E-state index in [1.165, 1.54) is 11.8 Å². The van der Waals surface area contributed by atoms with Crippen molar-refractivity contribution in [1.29, 1.82) is 0 Å². The SMILES string of the molecule is Cc1cc2nnc(SC(C)C(=O)Nc3ccc(S(=O)(=O)N4CCCCCC4)cc3)n2c2c(C)cccc12. The number of nitrogens with one attached hydrogen (secondary N) is 1. The molecule has 2 aromatic carbocycles. The lowest BCUT2D eigenvalue weighted by Crippen LogP contribution is -2.31. The fourth-order valence-corrected chi connectivity index (χ4v) is 7.18. The number of rotatable bonds is 6. The van der Waals surface area contributed by atoms with Gasteiger partial charge in [-0.2, -0.15) is 4.31 Å². The molecule has 1 fully saturated rings. The Morgan fingerprint density at radius 1 is 0.973 bits per heavy atom. The number of anilines is 1. The van der Waals surface area contributed by atoms with Crippen LogP contribution in [0.25, 0.3) is 16.6 Å². The number of amides is 1. The molecule has 0 radical (unpaired) electrons. The molecule has 4 aromatic rings. The largest absolute Gasteiger partial charge is 0.325 e. The summed E-state index contributed by atoms with van der Waals surface area (Å²) < 4.78 is 29.6. The lowest BCUT2D eigenvalue weighted by Gasteiger charge is -2.20. The number of hydrogen-bond donors (Lipinski definition) is 1. The number of nitrogens with zero attached hydrogens (tertiary/aromatic N) is 4. The smallest absolute Gasteiger partial charge is 0.243 e. The molecule has 2 aromatic heterocycles. The Bertz CT molecular complexity index is 1560. The van der Waals surface area contributed by atoms with Crippen molar-refractivity contribution in [2.24, 2.45) is 0 Å². The number of benzene rings is 2. The van der Waals surface area contributed by atoms with E-state index in [0.717, 1.165) is 53.4 Å². The van der Waals surface area contributed by atoms with Crippen molar-refractivity contribution >= 4 is 49.9 Å². The molecule has 5 rings (SSSR count). The second-order valence-corrected chi connectivity index (χ2v) is 12.8. The van der Waals surface area contributed by atoms with Crippen molar-refractivity contribution in [3.8, 4) is 0 Å². The van der Waals surface area contributed by atoms with Gasteiger partial charge in [0.2, 0.25) is 15.9 Å². The summed E-state index contributed by atoms with van der Waals surface area (Å²) >= 11 is 1.34. The zero-order valence-electron chi connectivity index (χ0n) is 21.3. The molecule has 8 nitrogen and oxygen atoms in total. The maximum absolute atomic E-state index is 13.0. The van der Waals surface area contributed by atoms with Crippen molar-refractivity contribution < 1.29 is 13.2 Å². The van der Waals surface area contributed by atoms with Gasteiger partial charge in [-0.1, -0.05) is 42.8 Å². The number of aryl methyl sites for hydroxylation is 2. The Kier molecular flexibility index (Phi) is 7.24. The molecule has 0 saturated carbocycles. The third-order valence-corrected chi connectivity index (χ3v) is 9.82. The predicted molar refractivity (Wildman–Crippen MR) is 148 cm³/mol. The third-order valence-electron chi connectivity index (χ3n) is 6.87. The maximum atomic E-state index is 13.0. The molecule has 1 aliphatic heterocycles. The molecule has 0 spiro atoms. The van der Waals surface area contributed by atoms with Crippen molar-refractivity contribution in [3.05, 3.63) is 59.7 Å². The highest BCUT2D eigenvalue weighted by molar-refractivity contribution is 8.00. The van der Waals surface area contributed by atoms with Crippen LogP contribution in [0.1, 0.15) is 43.7 Å². The summed E-state index contributed by atoms with van der Waals surface area (Å²) in [4.78, 5) is 13.3. The Balaban J connectivity index is 1.31. The molecule has 10 heteroatoms. The summed E-state index contributed by atoms with van der Waals surface area (Å²) in [7, 11) is -3.53. The normalized spacial score (nSPS) is 16.1. The number of hydrogen-bond acceptors (Lipinski definition) is 6. The highest BCUT2D eigenvalue weighted by atomic mass is 32.2. The number of para-hydroxylation sites is 1. The number of pyridine rings is 1. The molecular formula is C27H31N5O3S2. The fourth-order valence-electron chi connectivity index (χ4n) is 4.80. The Morgan fingerprint density at radius 2 is 1.68 bits per heavy atom. The third kappa shape index (κ3) is 5.10. The van der Waals surface area contributed by atoms with E-state index >= 15 is 0 Å². The summed E-state index contributed by atoms with van der Waals surface area (Å²) in [5, 5.41) is 12.9. The summed E-state index contributed by atoms with van der Waals surface area (Å²) in [5.41, 5.74) is 4.58. The molecule has 0 bridgehead atoms. The standard InChI is InChI=1S/C27H31N5O3S2/c1-18-9-8-10-23-19(2)17-24-29-30-27(32(24)25(18)23)36-20(3)26(33)28-21-11-13-22(14-12-21)37(34,35)31-15-6-4-5-7-16-31/h8-14,17,20H,4-7,15-16H2,1-3H3,(H,28,33). The minimum Gasteiger partial charge on any atom is -0.325 e. The molecular weight excluding hydrogens is 506 g/mol. The van der Waals surface area contributed by atoms with Gasteiger partial charge in [-0.25, -0.2) is 8.42 Å². The molecule has 1 amide bonds. The average molecular weight is 538 g/mol. The number of carbonyl (C=O) groups excluding carboxylic acids is 1. The predicted octanol–water partition coefficient (Wildman–Crippen LogP) is 5.18. The maximum Gasteiger partial charge on any atom is 0.243 e. The summed E-state index contributed by atoms with van der Waals surface area (Å²) in [6, 6.07) is 14.6. The van der Waals surface area contributed by atoms with Crippen LogP contribution >= 0.6 is 11.8 Å². The van der Waals surface area contributed by atoms with Crippen LogP contribution in [0.2, 0.25) is 0 Å². The molecule has 1 unspecified atom stereocenters. The van der Waals surface area contributed by atoms with E-state index in [1.54, 1.807) is 28.6 Å². The van der Waals surface area contributed by atoms with Crippen molar-refractivity contribution in [2.45, 2.75) is 61.8 Å². The number of aromatic nitrogens is 3. The first-order valence-electron chi connectivity index (χ1n) is 12.6. The Labute approximate surface area is 221 Å². The van der Waals surface area contributed by atoms with Gasteiger partial charge in [-0.3, -0.25) is 9.20 Å². The van der Waals surface area contributed by atoms with Crippen molar-refractivity contribution in [2.75, 3.05) is 18.4 Å². The zero-order chi connectivity index (χ0) is 26.2. The van der Waals surface area contributed by atoms with E-state index in [9.17, 15) is 13.2 Å². The van der Waals surface area contributed by atoms with Gasteiger partial charge in [0.1, 0.15) is 0 Å². The van der Waals surface area contributed by atoms with Gasteiger partial charge in [-0.05, 0) is 75.1 Å². The zero-order valence-corrected chi connectivity index (χ0v) is 22.9. The van der Waals surface area contributed by atoms with E-state index in [0.29, 0.717) is 23.9 Å². The first kappa shape index (κ1) is 25.7. The first-order valence-corrected chi connectivity index (χ1v) is 14.9. The Morgan fingerprint density at radius 3 is 2.38 bits per heavy atom. The van der Waals surface area contributed by atoms with E-state index in [2.05, 4.69) is 41.5 Å². The minimum atomic E-state index is -3.53. The van der Waals surface area contributed by atoms with Crippen LogP contribution in [0.5, 0.6) is 0 Å². The summed E-state index contributed by atoms with van der Waals surface area (Å²) in [6.07, 6.45) is 3.90. The topological polar surface area (TPSA) is 96.7 Å². The second-order valence-electron chi connectivity index (χ2n) is 9.57. The quantitative estimate of drug-likeness (QED) is 0.340. The van der Waals surface area contributed by atoms with Crippen LogP contribution < -0.4 is 5.32 Å². The molecule has 1 atom stereocenters. The van der Waals surface area contributed by atoms with E-state index < -0.39 is 15.3 Å².